The molecular weight excluding hydrogens is 475 g/mol. The Hall–Kier alpha value is -2.39. The maximum absolute atomic E-state index is 13.5. The molecule has 0 fully saturated rings. The fraction of sp³-hybridized carbons (Fsp3) is 0.583. The quantitative estimate of drug-likeness (QED) is 0.255. The van der Waals surface area contributed by atoms with Crippen molar-refractivity contribution in [1.82, 2.24) is 9.88 Å². The van der Waals surface area contributed by atoms with Gasteiger partial charge in [0.05, 0.1) is 10.8 Å². The van der Waals surface area contributed by atoms with Crippen molar-refractivity contribution in [3.05, 3.63) is 30.0 Å². The molecule has 2 rings (SSSR count). The highest BCUT2D eigenvalue weighted by Crippen LogP contribution is 2.51. The molecule has 0 spiro atoms. The first kappa shape index (κ1) is 28.8. The first-order valence-electron chi connectivity index (χ1n) is 11.3. The minimum absolute atomic E-state index is 0.255. The molecule has 11 heteroatoms. The molecule has 0 unspecified atom stereocenters. The predicted molar refractivity (Wildman–Crippen MR) is 132 cm³/mol. The minimum atomic E-state index is -4.37. The highest BCUT2D eigenvalue weighted by Gasteiger charge is 2.33. The molecule has 0 saturated carbocycles. The number of nitrogens with zero attached hydrogens (tertiary/aromatic N) is 1. The second-order valence-corrected chi connectivity index (χ2v) is 12.0. The summed E-state index contributed by atoms with van der Waals surface area (Å²) >= 11 is 0. The second kappa shape index (κ2) is 11.6. The summed E-state index contributed by atoms with van der Waals surface area (Å²) < 4.78 is 40.0. The van der Waals surface area contributed by atoms with Gasteiger partial charge in [-0.15, -0.1) is 0 Å². The SMILES string of the molecule is CN(C)CCc1c[nH]c2cccc(OP(=O)(OCOC(=O)C(C)(C)C)OCOC(=O)C(C)(C)C)c12. The third-order valence-electron chi connectivity index (χ3n) is 4.81. The molecule has 0 atom stereocenters. The molecule has 1 N–H and O–H groups in total. The summed E-state index contributed by atoms with van der Waals surface area (Å²) in [6.45, 7) is 9.51. The smallest absolute Gasteiger partial charge is 0.437 e. The van der Waals surface area contributed by atoms with Gasteiger partial charge in [-0.05, 0) is 79.8 Å². The summed E-state index contributed by atoms with van der Waals surface area (Å²) in [6.07, 6.45) is 2.58. The zero-order valence-electron chi connectivity index (χ0n) is 21.8. The second-order valence-electron chi connectivity index (χ2n) is 10.4. The highest BCUT2D eigenvalue weighted by atomic mass is 31.2. The van der Waals surface area contributed by atoms with E-state index < -0.39 is 44.2 Å². The van der Waals surface area contributed by atoms with Crippen molar-refractivity contribution in [3.63, 3.8) is 0 Å². The summed E-state index contributed by atoms with van der Waals surface area (Å²) in [7, 11) is -0.431. The van der Waals surface area contributed by atoms with Crippen LogP contribution in [-0.4, -0.2) is 56.0 Å². The van der Waals surface area contributed by atoms with E-state index in [4.69, 9.17) is 23.0 Å². The Morgan fingerprint density at radius 2 is 1.49 bits per heavy atom. The lowest BCUT2D eigenvalue weighted by atomic mass is 9.98. The maximum atomic E-state index is 13.5. The van der Waals surface area contributed by atoms with Crippen LogP contribution in [0.4, 0.5) is 0 Å². The van der Waals surface area contributed by atoms with Gasteiger partial charge in [0.25, 0.3) is 0 Å². The van der Waals surface area contributed by atoms with Gasteiger partial charge in [0.15, 0.2) is 0 Å². The van der Waals surface area contributed by atoms with Crippen molar-refractivity contribution >= 4 is 30.7 Å². The summed E-state index contributed by atoms with van der Waals surface area (Å²) in [5.41, 5.74) is 0.167. The minimum Gasteiger partial charge on any atom is -0.437 e. The van der Waals surface area contributed by atoms with Crippen LogP contribution in [0.15, 0.2) is 24.4 Å². The molecule has 0 bridgehead atoms. The Morgan fingerprint density at radius 3 is 1.97 bits per heavy atom. The number of benzene rings is 1. The average molecular weight is 513 g/mol. The number of fused-ring (bicyclic) bond motifs is 1. The molecule has 1 aromatic carbocycles. The van der Waals surface area contributed by atoms with E-state index >= 15 is 0 Å². The number of nitrogens with one attached hydrogen (secondary N) is 1. The number of likely N-dealkylation sites (N-methyl/N-ethyl adjacent to an activating group) is 1. The van der Waals surface area contributed by atoms with Crippen molar-refractivity contribution in [2.24, 2.45) is 10.8 Å². The highest BCUT2D eigenvalue weighted by molar-refractivity contribution is 7.48. The number of H-pyrrole nitrogens is 1. The molecule has 0 aliphatic heterocycles. The zero-order chi connectivity index (χ0) is 26.4. The van der Waals surface area contributed by atoms with Gasteiger partial charge in [0.1, 0.15) is 5.75 Å². The zero-order valence-corrected chi connectivity index (χ0v) is 22.7. The molecule has 196 valence electrons. The van der Waals surface area contributed by atoms with E-state index in [9.17, 15) is 14.2 Å². The van der Waals surface area contributed by atoms with Crippen molar-refractivity contribution in [1.29, 1.82) is 0 Å². The number of ether oxygens (including phenoxy) is 2. The lowest BCUT2D eigenvalue weighted by Gasteiger charge is -2.22. The number of carbonyl (C=O) groups is 2. The number of carbonyl (C=O) groups excluding carboxylic acids is 2. The maximum Gasteiger partial charge on any atom is 0.535 e. The molecule has 0 aliphatic rings. The van der Waals surface area contributed by atoms with Crippen molar-refractivity contribution in [2.45, 2.75) is 48.0 Å². The third-order valence-corrected chi connectivity index (χ3v) is 6.08. The number of hydrogen-bond donors (Lipinski definition) is 1. The van der Waals surface area contributed by atoms with Crippen LogP contribution in [0.1, 0.15) is 47.1 Å². The third kappa shape index (κ3) is 8.65. The van der Waals surface area contributed by atoms with Gasteiger partial charge >= 0.3 is 19.8 Å². The lowest BCUT2D eigenvalue weighted by Crippen LogP contribution is -2.25. The van der Waals surface area contributed by atoms with E-state index in [0.29, 0.717) is 6.42 Å². The Balaban J connectivity index is 2.26. The van der Waals surface area contributed by atoms with Crippen LogP contribution >= 0.6 is 7.82 Å². The predicted octanol–water partition coefficient (Wildman–Crippen LogP) is 4.89. The van der Waals surface area contributed by atoms with E-state index in [0.717, 1.165) is 23.0 Å². The Bertz CT molecular complexity index is 1030. The van der Waals surface area contributed by atoms with Gasteiger partial charge < -0.3 is 23.9 Å². The van der Waals surface area contributed by atoms with E-state index in [1.165, 1.54) is 0 Å². The molecule has 1 heterocycles. The Labute approximate surface area is 206 Å². The molecule has 35 heavy (non-hydrogen) atoms. The molecule has 1 aromatic heterocycles. The number of phosphoric ester groups is 1. The standard InChI is InChI=1S/C24H37N2O8P/c1-23(2,3)21(27)30-15-32-35(29,33-16-31-22(28)24(4,5)6)34-19-11-9-10-18-20(19)17(14-25-18)12-13-26(7)8/h9-11,14,25H,12-13,15-16H2,1-8H3. The van der Waals surface area contributed by atoms with Crippen LogP contribution < -0.4 is 4.52 Å². The fourth-order valence-corrected chi connectivity index (χ4v) is 3.71. The van der Waals surface area contributed by atoms with Crippen LogP contribution in [-0.2, 0) is 39.1 Å². The normalized spacial score (nSPS) is 12.7. The summed E-state index contributed by atoms with van der Waals surface area (Å²) in [4.78, 5) is 29.4. The molecule has 2 aromatic rings. The van der Waals surface area contributed by atoms with E-state index in [1.54, 1.807) is 53.7 Å². The molecule has 0 amide bonds. The Kier molecular flexibility index (Phi) is 9.53. The average Bonchev–Trinajstić information content (AvgIpc) is 3.15. The van der Waals surface area contributed by atoms with Gasteiger partial charge in [0, 0.05) is 23.6 Å². The summed E-state index contributed by atoms with van der Waals surface area (Å²) in [5, 5.41) is 0.722. The van der Waals surface area contributed by atoms with Gasteiger partial charge in [-0.2, -0.15) is 0 Å². The first-order chi connectivity index (χ1) is 16.1. The molecule has 0 aliphatic carbocycles. The van der Waals surface area contributed by atoms with Crippen molar-refractivity contribution < 1.29 is 37.2 Å². The number of aromatic amines is 1. The first-order valence-corrected chi connectivity index (χ1v) is 12.8. The lowest BCUT2D eigenvalue weighted by molar-refractivity contribution is -0.162. The number of aromatic nitrogens is 1. The van der Waals surface area contributed by atoms with E-state index in [1.807, 2.05) is 31.3 Å². The van der Waals surface area contributed by atoms with Gasteiger partial charge in [-0.3, -0.25) is 9.59 Å². The van der Waals surface area contributed by atoms with Crippen LogP contribution in [0, 0.1) is 10.8 Å². The number of rotatable bonds is 11. The van der Waals surface area contributed by atoms with Gasteiger partial charge in [-0.1, -0.05) is 6.07 Å². The van der Waals surface area contributed by atoms with Crippen LogP contribution in [0.2, 0.25) is 0 Å². The van der Waals surface area contributed by atoms with Gasteiger partial charge in [0.2, 0.25) is 13.6 Å². The summed E-state index contributed by atoms with van der Waals surface area (Å²) in [5.74, 6) is -0.853. The van der Waals surface area contributed by atoms with Crippen LogP contribution in [0.5, 0.6) is 5.75 Å². The topological polar surface area (TPSA) is 116 Å². The monoisotopic (exact) mass is 512 g/mol. The molecule has 0 saturated heterocycles. The fourth-order valence-electron chi connectivity index (χ4n) is 2.77. The summed E-state index contributed by atoms with van der Waals surface area (Å²) in [6, 6.07) is 5.23. The van der Waals surface area contributed by atoms with E-state index in [2.05, 4.69) is 4.98 Å². The number of phosphoric acid groups is 1. The van der Waals surface area contributed by atoms with Crippen molar-refractivity contribution in [3.8, 4) is 5.75 Å². The molecule has 0 radical (unpaired) electrons. The van der Waals surface area contributed by atoms with E-state index in [-0.39, 0.29) is 5.75 Å². The van der Waals surface area contributed by atoms with Crippen molar-refractivity contribution in [2.75, 3.05) is 34.2 Å². The van der Waals surface area contributed by atoms with Crippen LogP contribution in [0.25, 0.3) is 10.9 Å². The van der Waals surface area contributed by atoms with Gasteiger partial charge in [-0.25, -0.2) is 13.6 Å². The van der Waals surface area contributed by atoms with Crippen LogP contribution in [0.3, 0.4) is 0 Å². The molecular formula is C24H37N2O8P. The number of hydrogen-bond acceptors (Lipinski definition) is 9. The Morgan fingerprint density at radius 1 is 0.943 bits per heavy atom. The molecule has 10 nitrogen and oxygen atoms in total. The number of esters is 2. The largest absolute Gasteiger partial charge is 0.535 e.